The predicted octanol–water partition coefficient (Wildman–Crippen LogP) is 2.62. The van der Waals surface area contributed by atoms with Crippen LogP contribution in [0.15, 0.2) is 64.3 Å². The number of hydrogen-bond acceptors (Lipinski definition) is 3. The summed E-state index contributed by atoms with van der Waals surface area (Å²) < 4.78 is 30.7. The molecule has 1 amide bonds. The van der Waals surface area contributed by atoms with Gasteiger partial charge in [-0.25, -0.2) is 13.6 Å². The van der Waals surface area contributed by atoms with Crippen molar-refractivity contribution < 1.29 is 13.6 Å². The molecule has 9 heteroatoms. The van der Waals surface area contributed by atoms with Gasteiger partial charge in [0.2, 0.25) is 5.91 Å². The Labute approximate surface area is 174 Å². The van der Waals surface area contributed by atoms with Crippen molar-refractivity contribution in [1.82, 2.24) is 13.7 Å². The maximum absolute atomic E-state index is 13.9. The molecule has 2 heterocycles. The Kier molecular flexibility index (Phi) is 5.02. The molecule has 4 aromatic rings. The van der Waals surface area contributed by atoms with Crippen molar-refractivity contribution in [2.75, 3.05) is 5.32 Å². The summed E-state index contributed by atoms with van der Waals surface area (Å²) in [6.07, 6.45) is 1.72. The Hall–Kier alpha value is -4.01. The van der Waals surface area contributed by atoms with Gasteiger partial charge in [-0.1, -0.05) is 30.3 Å². The Morgan fingerprint density at radius 3 is 2.39 bits per heavy atom. The number of amides is 1. The number of nitrogens with zero attached hydrogens (tertiary/aromatic N) is 3. The standard InChI is InChI=1S/C22H18F2N4O3/c1-26-11-15(13-6-4-3-5-7-13)19-20(26)21(30)27(2)22(31)28(19)12-18(29)25-17-9-8-14(23)10-16(17)24/h3-11H,12H2,1-2H3,(H,25,29). The molecule has 0 saturated carbocycles. The summed E-state index contributed by atoms with van der Waals surface area (Å²) in [5, 5.41) is 2.34. The Morgan fingerprint density at radius 1 is 1.00 bits per heavy atom. The van der Waals surface area contributed by atoms with E-state index >= 15 is 0 Å². The van der Waals surface area contributed by atoms with E-state index in [1.807, 2.05) is 30.3 Å². The summed E-state index contributed by atoms with van der Waals surface area (Å²) in [5.41, 5.74) is 0.532. The highest BCUT2D eigenvalue weighted by molar-refractivity contribution is 5.95. The molecule has 158 valence electrons. The molecule has 0 aliphatic rings. The Morgan fingerprint density at radius 2 is 1.71 bits per heavy atom. The van der Waals surface area contributed by atoms with Crippen molar-refractivity contribution in [3.8, 4) is 11.1 Å². The van der Waals surface area contributed by atoms with E-state index in [0.717, 1.165) is 22.3 Å². The summed E-state index contributed by atoms with van der Waals surface area (Å²) in [7, 11) is 3.01. The van der Waals surface area contributed by atoms with Crippen LogP contribution in [0.1, 0.15) is 0 Å². The minimum absolute atomic E-state index is 0.211. The molecule has 0 aliphatic carbocycles. The van der Waals surface area contributed by atoms with Gasteiger partial charge >= 0.3 is 5.69 Å². The fourth-order valence-electron chi connectivity index (χ4n) is 3.56. The topological polar surface area (TPSA) is 78.0 Å². The minimum atomic E-state index is -0.934. The van der Waals surface area contributed by atoms with E-state index in [-0.39, 0.29) is 11.2 Å². The van der Waals surface area contributed by atoms with Crippen LogP contribution >= 0.6 is 0 Å². The van der Waals surface area contributed by atoms with Gasteiger partial charge in [0.25, 0.3) is 5.56 Å². The normalized spacial score (nSPS) is 11.1. The summed E-state index contributed by atoms with van der Waals surface area (Å²) >= 11 is 0. The molecule has 0 aliphatic heterocycles. The smallest absolute Gasteiger partial charge is 0.331 e. The van der Waals surface area contributed by atoms with E-state index in [9.17, 15) is 23.2 Å². The van der Waals surface area contributed by atoms with E-state index < -0.39 is 35.3 Å². The van der Waals surface area contributed by atoms with Crippen molar-refractivity contribution in [2.24, 2.45) is 14.1 Å². The Balaban J connectivity index is 1.86. The average molecular weight is 424 g/mol. The fourth-order valence-corrected chi connectivity index (χ4v) is 3.56. The maximum Gasteiger partial charge on any atom is 0.331 e. The van der Waals surface area contributed by atoms with Gasteiger partial charge in [-0.3, -0.25) is 18.7 Å². The van der Waals surface area contributed by atoms with Crippen LogP contribution in [0.25, 0.3) is 22.2 Å². The lowest BCUT2D eigenvalue weighted by molar-refractivity contribution is -0.116. The van der Waals surface area contributed by atoms with E-state index in [4.69, 9.17) is 0 Å². The molecule has 0 spiro atoms. The number of rotatable bonds is 4. The van der Waals surface area contributed by atoms with Crippen LogP contribution < -0.4 is 16.6 Å². The van der Waals surface area contributed by atoms with E-state index in [1.54, 1.807) is 17.8 Å². The van der Waals surface area contributed by atoms with Crippen LogP contribution in [0.3, 0.4) is 0 Å². The molecule has 0 fully saturated rings. The van der Waals surface area contributed by atoms with Gasteiger partial charge in [0.15, 0.2) is 0 Å². The highest BCUT2D eigenvalue weighted by Crippen LogP contribution is 2.28. The number of anilines is 1. The average Bonchev–Trinajstić information content (AvgIpc) is 3.09. The lowest BCUT2D eigenvalue weighted by atomic mass is 10.1. The molecule has 0 unspecified atom stereocenters. The first-order valence-electron chi connectivity index (χ1n) is 9.37. The quantitative estimate of drug-likeness (QED) is 0.547. The number of benzene rings is 2. The maximum atomic E-state index is 13.9. The van der Waals surface area contributed by atoms with E-state index in [1.165, 1.54) is 11.6 Å². The third-order valence-corrected chi connectivity index (χ3v) is 5.04. The van der Waals surface area contributed by atoms with Gasteiger partial charge in [0.1, 0.15) is 23.7 Å². The van der Waals surface area contributed by atoms with Crippen LogP contribution in [0.2, 0.25) is 0 Å². The van der Waals surface area contributed by atoms with Gasteiger partial charge < -0.3 is 9.88 Å². The summed E-state index contributed by atoms with van der Waals surface area (Å²) in [5.74, 6) is -2.41. The summed E-state index contributed by atoms with van der Waals surface area (Å²) in [6.45, 7) is -0.468. The molecule has 2 aromatic carbocycles. The van der Waals surface area contributed by atoms with Crippen LogP contribution in [0.5, 0.6) is 0 Å². The summed E-state index contributed by atoms with van der Waals surface area (Å²) in [4.78, 5) is 38.3. The van der Waals surface area contributed by atoms with Crippen LogP contribution in [-0.4, -0.2) is 19.6 Å². The highest BCUT2D eigenvalue weighted by Gasteiger charge is 2.21. The van der Waals surface area contributed by atoms with Crippen LogP contribution in [0.4, 0.5) is 14.5 Å². The zero-order chi connectivity index (χ0) is 22.3. The number of hydrogen-bond donors (Lipinski definition) is 1. The molecular weight excluding hydrogens is 406 g/mol. The number of aromatic nitrogens is 3. The number of nitrogens with one attached hydrogen (secondary N) is 1. The monoisotopic (exact) mass is 424 g/mol. The second-order valence-corrected chi connectivity index (χ2v) is 7.12. The Bertz CT molecular complexity index is 1440. The van der Waals surface area contributed by atoms with E-state index in [2.05, 4.69) is 5.32 Å². The third-order valence-electron chi connectivity index (χ3n) is 5.04. The number of carbonyl (C=O) groups excluding carboxylic acids is 1. The first-order chi connectivity index (χ1) is 14.8. The largest absolute Gasteiger partial charge is 0.344 e. The van der Waals surface area contributed by atoms with Gasteiger partial charge in [0, 0.05) is 31.9 Å². The molecule has 2 aromatic heterocycles. The zero-order valence-corrected chi connectivity index (χ0v) is 16.7. The molecule has 0 bridgehead atoms. The highest BCUT2D eigenvalue weighted by atomic mass is 19.1. The lowest BCUT2D eigenvalue weighted by Gasteiger charge is -2.12. The lowest BCUT2D eigenvalue weighted by Crippen LogP contribution is -2.40. The number of halogens is 2. The number of fused-ring (bicyclic) bond motifs is 1. The molecule has 1 N–H and O–H groups in total. The van der Waals surface area contributed by atoms with Gasteiger partial charge in [-0.05, 0) is 17.7 Å². The predicted molar refractivity (Wildman–Crippen MR) is 113 cm³/mol. The van der Waals surface area contributed by atoms with Crippen LogP contribution in [-0.2, 0) is 25.4 Å². The molecular formula is C22H18F2N4O3. The van der Waals surface area contributed by atoms with Crippen molar-refractivity contribution in [3.63, 3.8) is 0 Å². The van der Waals surface area contributed by atoms with Crippen LogP contribution in [0, 0.1) is 11.6 Å². The molecule has 4 rings (SSSR count). The van der Waals surface area contributed by atoms with Crippen molar-refractivity contribution in [2.45, 2.75) is 6.54 Å². The van der Waals surface area contributed by atoms with Crippen molar-refractivity contribution in [1.29, 1.82) is 0 Å². The van der Waals surface area contributed by atoms with Crippen molar-refractivity contribution in [3.05, 3.63) is 87.2 Å². The number of carbonyl (C=O) groups is 1. The molecule has 0 radical (unpaired) electrons. The molecule has 0 atom stereocenters. The van der Waals surface area contributed by atoms with E-state index in [0.29, 0.717) is 17.1 Å². The first-order valence-corrected chi connectivity index (χ1v) is 9.37. The van der Waals surface area contributed by atoms with Gasteiger partial charge in [0.05, 0.1) is 11.2 Å². The zero-order valence-electron chi connectivity index (χ0n) is 16.7. The number of aryl methyl sites for hydroxylation is 1. The van der Waals surface area contributed by atoms with Gasteiger partial charge in [-0.2, -0.15) is 0 Å². The third kappa shape index (κ3) is 3.54. The minimum Gasteiger partial charge on any atom is -0.344 e. The fraction of sp³-hybridized carbons (Fsp3) is 0.136. The summed E-state index contributed by atoms with van der Waals surface area (Å²) in [6, 6.07) is 11.9. The second-order valence-electron chi connectivity index (χ2n) is 7.12. The SMILES string of the molecule is Cn1c(=O)c2c(c(-c3ccccc3)cn2C)n(CC(=O)Nc2ccc(F)cc2F)c1=O. The molecule has 7 nitrogen and oxygen atoms in total. The van der Waals surface area contributed by atoms with Gasteiger partial charge in [-0.15, -0.1) is 0 Å². The molecule has 0 saturated heterocycles. The molecule has 31 heavy (non-hydrogen) atoms. The van der Waals surface area contributed by atoms with Crippen molar-refractivity contribution >= 4 is 22.6 Å². The first kappa shape index (κ1) is 20.3. The second kappa shape index (κ2) is 7.67.